The van der Waals surface area contributed by atoms with Crippen molar-refractivity contribution in [3.63, 3.8) is 0 Å². The van der Waals surface area contributed by atoms with Gasteiger partial charge >= 0.3 is 0 Å². The number of piperazine rings is 1. The summed E-state index contributed by atoms with van der Waals surface area (Å²) in [5.74, 6) is 0.281. The summed E-state index contributed by atoms with van der Waals surface area (Å²) in [5, 5.41) is 5.36. The van der Waals surface area contributed by atoms with Crippen molar-refractivity contribution in [2.75, 3.05) is 19.6 Å². The maximum absolute atomic E-state index is 12.1. The van der Waals surface area contributed by atoms with Gasteiger partial charge in [0.05, 0.1) is 0 Å². The summed E-state index contributed by atoms with van der Waals surface area (Å²) < 4.78 is 1.11. The number of aryl methyl sites for hydroxylation is 1. The average Bonchev–Trinajstić information content (AvgIpc) is 2.73. The van der Waals surface area contributed by atoms with Gasteiger partial charge in [-0.3, -0.25) is 4.79 Å². The first-order valence-corrected chi connectivity index (χ1v) is 7.57. The summed E-state index contributed by atoms with van der Waals surface area (Å²) in [7, 11) is 0. The quantitative estimate of drug-likeness (QED) is 0.927. The van der Waals surface area contributed by atoms with Crippen LogP contribution < -0.4 is 5.32 Å². The third-order valence-electron chi connectivity index (χ3n) is 3.03. The zero-order valence-electron chi connectivity index (χ0n) is 9.91. The number of hydrogen-bond acceptors (Lipinski definition) is 3. The van der Waals surface area contributed by atoms with Crippen LogP contribution in [0.2, 0.25) is 0 Å². The highest BCUT2D eigenvalue weighted by molar-refractivity contribution is 9.10. The Kier molecular flexibility index (Phi) is 4.59. The van der Waals surface area contributed by atoms with Crippen LogP contribution in [-0.4, -0.2) is 36.5 Å². The highest BCUT2D eigenvalue weighted by atomic mass is 79.9. The molecule has 17 heavy (non-hydrogen) atoms. The van der Waals surface area contributed by atoms with Gasteiger partial charge in [-0.2, -0.15) is 0 Å². The standard InChI is InChI=1S/C12H17BrN2OS/c1-9-7-14-4-5-15(9)12(16)3-2-11-6-10(13)8-17-11/h6,8-9,14H,2-5,7H2,1H3/t9-/m0/s1. The number of nitrogens with one attached hydrogen (secondary N) is 1. The Labute approximate surface area is 114 Å². The van der Waals surface area contributed by atoms with Crippen LogP contribution in [-0.2, 0) is 11.2 Å². The average molecular weight is 317 g/mol. The van der Waals surface area contributed by atoms with Gasteiger partial charge in [0, 0.05) is 46.8 Å². The number of hydrogen-bond donors (Lipinski definition) is 1. The summed E-state index contributed by atoms with van der Waals surface area (Å²) in [6.45, 7) is 4.77. The summed E-state index contributed by atoms with van der Waals surface area (Å²) in [4.78, 5) is 15.4. The van der Waals surface area contributed by atoms with Gasteiger partial charge in [-0.15, -0.1) is 11.3 Å². The number of amides is 1. The van der Waals surface area contributed by atoms with E-state index in [1.807, 2.05) is 4.90 Å². The zero-order valence-corrected chi connectivity index (χ0v) is 12.3. The molecule has 0 radical (unpaired) electrons. The molecule has 0 aliphatic carbocycles. The van der Waals surface area contributed by atoms with Crippen LogP contribution in [0.1, 0.15) is 18.2 Å². The van der Waals surface area contributed by atoms with Gasteiger partial charge < -0.3 is 10.2 Å². The number of nitrogens with zero attached hydrogens (tertiary/aromatic N) is 1. The molecular formula is C12H17BrN2OS. The molecule has 1 atom stereocenters. The minimum Gasteiger partial charge on any atom is -0.337 e. The predicted octanol–water partition coefficient (Wildman–Crippen LogP) is 2.26. The lowest BCUT2D eigenvalue weighted by molar-refractivity contribution is -0.133. The summed E-state index contributed by atoms with van der Waals surface area (Å²) >= 11 is 5.14. The minimum absolute atomic E-state index is 0.281. The number of halogens is 1. The molecule has 2 rings (SSSR count). The Morgan fingerprint density at radius 3 is 3.18 bits per heavy atom. The van der Waals surface area contributed by atoms with Gasteiger partial charge in [0.25, 0.3) is 0 Å². The molecule has 1 fully saturated rings. The predicted molar refractivity (Wildman–Crippen MR) is 74.4 cm³/mol. The molecule has 1 amide bonds. The number of rotatable bonds is 3. The Morgan fingerprint density at radius 1 is 1.71 bits per heavy atom. The van der Waals surface area contributed by atoms with Gasteiger partial charge in [0.1, 0.15) is 0 Å². The molecule has 1 aliphatic heterocycles. The monoisotopic (exact) mass is 316 g/mol. The van der Waals surface area contributed by atoms with Gasteiger partial charge in [0.2, 0.25) is 5.91 Å². The largest absolute Gasteiger partial charge is 0.337 e. The Morgan fingerprint density at radius 2 is 2.53 bits per heavy atom. The van der Waals surface area contributed by atoms with Crippen LogP contribution in [0.15, 0.2) is 15.9 Å². The van der Waals surface area contributed by atoms with E-state index < -0.39 is 0 Å². The van der Waals surface area contributed by atoms with Gasteiger partial charge in [-0.1, -0.05) is 0 Å². The lowest BCUT2D eigenvalue weighted by Crippen LogP contribution is -2.52. The van der Waals surface area contributed by atoms with Crippen LogP contribution >= 0.6 is 27.3 Å². The van der Waals surface area contributed by atoms with E-state index >= 15 is 0 Å². The second-order valence-corrected chi connectivity index (χ2v) is 6.28. The first-order valence-electron chi connectivity index (χ1n) is 5.90. The van der Waals surface area contributed by atoms with E-state index in [9.17, 15) is 4.79 Å². The molecule has 1 aromatic heterocycles. The molecular weight excluding hydrogens is 300 g/mol. The van der Waals surface area contributed by atoms with Crippen molar-refractivity contribution in [3.05, 3.63) is 20.8 Å². The van der Waals surface area contributed by atoms with Crippen LogP contribution in [0.5, 0.6) is 0 Å². The van der Waals surface area contributed by atoms with E-state index in [2.05, 4.69) is 39.6 Å². The first kappa shape index (κ1) is 13.1. The first-order chi connectivity index (χ1) is 8.16. The molecule has 3 nitrogen and oxygen atoms in total. The lowest BCUT2D eigenvalue weighted by atomic mass is 10.1. The molecule has 0 bridgehead atoms. The molecule has 2 heterocycles. The van der Waals surface area contributed by atoms with Crippen molar-refractivity contribution >= 4 is 33.2 Å². The Balaban J connectivity index is 1.84. The van der Waals surface area contributed by atoms with Crippen molar-refractivity contribution in [2.24, 2.45) is 0 Å². The van der Waals surface area contributed by atoms with Crippen molar-refractivity contribution in [2.45, 2.75) is 25.8 Å². The maximum atomic E-state index is 12.1. The molecule has 1 aromatic rings. The van der Waals surface area contributed by atoms with Crippen molar-refractivity contribution in [1.29, 1.82) is 0 Å². The van der Waals surface area contributed by atoms with E-state index in [1.165, 1.54) is 4.88 Å². The van der Waals surface area contributed by atoms with Crippen LogP contribution in [0.3, 0.4) is 0 Å². The zero-order chi connectivity index (χ0) is 12.3. The van der Waals surface area contributed by atoms with Crippen LogP contribution in [0.4, 0.5) is 0 Å². The molecule has 1 aliphatic rings. The van der Waals surface area contributed by atoms with Gasteiger partial charge in [0.15, 0.2) is 0 Å². The second kappa shape index (κ2) is 5.98. The molecule has 94 valence electrons. The molecule has 0 saturated carbocycles. The van der Waals surface area contributed by atoms with Crippen molar-refractivity contribution in [3.8, 4) is 0 Å². The Hall–Kier alpha value is -0.390. The third kappa shape index (κ3) is 3.53. The molecule has 0 unspecified atom stereocenters. The fourth-order valence-electron chi connectivity index (χ4n) is 2.07. The summed E-state index contributed by atoms with van der Waals surface area (Å²) in [6.07, 6.45) is 1.48. The number of thiophene rings is 1. The maximum Gasteiger partial charge on any atom is 0.223 e. The molecule has 5 heteroatoms. The highest BCUT2D eigenvalue weighted by Crippen LogP contribution is 2.21. The summed E-state index contributed by atoms with van der Waals surface area (Å²) in [6, 6.07) is 2.42. The van der Waals surface area contributed by atoms with Gasteiger partial charge in [-0.25, -0.2) is 0 Å². The lowest BCUT2D eigenvalue weighted by Gasteiger charge is -2.34. The third-order valence-corrected chi connectivity index (χ3v) is 4.79. The van der Waals surface area contributed by atoms with E-state index in [4.69, 9.17) is 0 Å². The van der Waals surface area contributed by atoms with E-state index in [-0.39, 0.29) is 5.91 Å². The van der Waals surface area contributed by atoms with Crippen molar-refractivity contribution < 1.29 is 4.79 Å². The van der Waals surface area contributed by atoms with E-state index in [0.29, 0.717) is 12.5 Å². The smallest absolute Gasteiger partial charge is 0.223 e. The molecule has 1 saturated heterocycles. The van der Waals surface area contributed by atoms with E-state index in [1.54, 1.807) is 11.3 Å². The number of carbonyl (C=O) groups excluding carboxylic acids is 1. The normalized spacial score (nSPS) is 20.6. The molecule has 0 aromatic carbocycles. The molecule has 1 N–H and O–H groups in total. The van der Waals surface area contributed by atoms with Gasteiger partial charge in [-0.05, 0) is 35.3 Å². The van der Waals surface area contributed by atoms with Crippen LogP contribution in [0, 0.1) is 0 Å². The fourth-order valence-corrected chi connectivity index (χ4v) is 3.53. The summed E-state index contributed by atoms with van der Waals surface area (Å²) in [5.41, 5.74) is 0. The molecule has 0 spiro atoms. The van der Waals surface area contributed by atoms with E-state index in [0.717, 1.165) is 30.5 Å². The Bertz CT molecular complexity index is 394. The second-order valence-electron chi connectivity index (χ2n) is 4.37. The van der Waals surface area contributed by atoms with Crippen molar-refractivity contribution in [1.82, 2.24) is 10.2 Å². The number of carbonyl (C=O) groups is 1. The highest BCUT2D eigenvalue weighted by Gasteiger charge is 2.22. The minimum atomic E-state index is 0.281. The SMILES string of the molecule is C[C@H]1CNCCN1C(=O)CCc1cc(Br)cs1. The fraction of sp³-hybridized carbons (Fsp3) is 0.583. The van der Waals surface area contributed by atoms with Crippen LogP contribution in [0.25, 0.3) is 0 Å². The topological polar surface area (TPSA) is 32.3 Å².